The molecule has 0 amide bonds. The minimum atomic E-state index is 0.619. The van der Waals surface area contributed by atoms with E-state index >= 15 is 0 Å². The van der Waals surface area contributed by atoms with Crippen molar-refractivity contribution in [2.75, 3.05) is 17.4 Å². The maximum absolute atomic E-state index is 5.87. The lowest BCUT2D eigenvalue weighted by Gasteiger charge is -2.10. The molecule has 0 saturated carbocycles. The first-order valence-electron chi connectivity index (χ1n) is 4.58. The summed E-state index contributed by atoms with van der Waals surface area (Å²) in [7, 11) is 0. The molecule has 70 valence electrons. The van der Waals surface area contributed by atoms with E-state index in [0.29, 0.717) is 11.8 Å². The molecule has 1 rings (SSSR count). The molecule has 0 aromatic heterocycles. The van der Waals surface area contributed by atoms with Gasteiger partial charge in [-0.25, -0.2) is 0 Å². The molecule has 0 spiro atoms. The van der Waals surface area contributed by atoms with Crippen LogP contribution in [0.1, 0.15) is 20.3 Å². The lowest BCUT2D eigenvalue weighted by molar-refractivity contribution is 0.701. The smallest absolute Gasteiger partial charge is 0.0436 e. The highest BCUT2D eigenvalue weighted by Gasteiger charge is 2.14. The molecule has 1 heterocycles. The van der Waals surface area contributed by atoms with E-state index in [1.165, 1.54) is 23.5 Å². The molecule has 0 aromatic carbocycles. The van der Waals surface area contributed by atoms with Crippen molar-refractivity contribution >= 4 is 23.4 Å². The summed E-state index contributed by atoms with van der Waals surface area (Å²) < 4.78 is 0. The van der Waals surface area contributed by atoms with Gasteiger partial charge in [0.15, 0.2) is 0 Å². The van der Waals surface area contributed by atoms with Gasteiger partial charge in [0.25, 0.3) is 0 Å². The molecular formula is C10H17ClS. The predicted molar refractivity (Wildman–Crippen MR) is 59.1 cm³/mol. The van der Waals surface area contributed by atoms with Crippen molar-refractivity contribution in [3.63, 3.8) is 0 Å². The summed E-state index contributed by atoms with van der Waals surface area (Å²) in [6, 6.07) is 0. The first-order valence-corrected chi connectivity index (χ1v) is 6.27. The summed E-state index contributed by atoms with van der Waals surface area (Å²) in [5.41, 5.74) is 1.42. The zero-order chi connectivity index (χ0) is 8.97. The van der Waals surface area contributed by atoms with E-state index in [1.807, 2.05) is 0 Å². The van der Waals surface area contributed by atoms with Gasteiger partial charge in [0.2, 0.25) is 0 Å². The average Bonchev–Trinajstić information content (AvgIpc) is 2.51. The van der Waals surface area contributed by atoms with Gasteiger partial charge in [-0.2, -0.15) is 11.8 Å². The monoisotopic (exact) mass is 204 g/mol. The van der Waals surface area contributed by atoms with Gasteiger partial charge in [0.1, 0.15) is 0 Å². The molecule has 0 N–H and O–H groups in total. The molecular weight excluding hydrogens is 188 g/mol. The van der Waals surface area contributed by atoms with Crippen LogP contribution in [0.2, 0.25) is 0 Å². The molecule has 0 nitrogen and oxygen atoms in total. The van der Waals surface area contributed by atoms with E-state index in [9.17, 15) is 0 Å². The fourth-order valence-electron chi connectivity index (χ4n) is 1.38. The summed E-state index contributed by atoms with van der Waals surface area (Å²) in [6.45, 7) is 4.44. The molecule has 0 bridgehead atoms. The Hall–Kier alpha value is 0.380. The normalized spacial score (nSPS) is 25.3. The van der Waals surface area contributed by atoms with Crippen molar-refractivity contribution in [1.29, 1.82) is 0 Å². The summed E-state index contributed by atoms with van der Waals surface area (Å²) in [5.74, 6) is 4.75. The number of hydrogen-bond acceptors (Lipinski definition) is 1. The second-order valence-electron chi connectivity index (χ2n) is 3.65. The fraction of sp³-hybridized carbons (Fsp3) is 0.800. The Morgan fingerprint density at radius 1 is 1.67 bits per heavy atom. The Labute approximate surface area is 84.8 Å². The van der Waals surface area contributed by atoms with E-state index < -0.39 is 0 Å². The third-order valence-corrected chi connectivity index (χ3v) is 3.81. The van der Waals surface area contributed by atoms with E-state index in [2.05, 4.69) is 31.7 Å². The minimum Gasteiger partial charge on any atom is -0.161 e. The standard InChI is InChI=1S/C10H17ClS/c1-8(2)10(6-11)5-9-3-4-12-7-9/h5,8-9H,3-4,6-7H2,1-2H3. The summed E-state index contributed by atoms with van der Waals surface area (Å²) >= 11 is 7.92. The summed E-state index contributed by atoms with van der Waals surface area (Å²) in [4.78, 5) is 0. The Kier molecular flexibility index (Phi) is 4.52. The van der Waals surface area contributed by atoms with Crippen molar-refractivity contribution in [2.45, 2.75) is 20.3 Å². The highest BCUT2D eigenvalue weighted by Crippen LogP contribution is 2.27. The third-order valence-electron chi connectivity index (χ3n) is 2.31. The van der Waals surface area contributed by atoms with Gasteiger partial charge >= 0.3 is 0 Å². The van der Waals surface area contributed by atoms with Crippen molar-refractivity contribution in [3.8, 4) is 0 Å². The zero-order valence-electron chi connectivity index (χ0n) is 7.85. The zero-order valence-corrected chi connectivity index (χ0v) is 9.42. The van der Waals surface area contributed by atoms with Gasteiger partial charge in [-0.15, -0.1) is 11.6 Å². The van der Waals surface area contributed by atoms with Crippen LogP contribution in [0.25, 0.3) is 0 Å². The molecule has 0 aromatic rings. The van der Waals surface area contributed by atoms with Crippen LogP contribution in [0.3, 0.4) is 0 Å². The molecule has 1 aliphatic rings. The Morgan fingerprint density at radius 3 is 2.83 bits per heavy atom. The SMILES string of the molecule is CC(C)C(=CC1CCSC1)CCl. The molecule has 1 atom stereocenters. The third kappa shape index (κ3) is 3.02. The topological polar surface area (TPSA) is 0 Å². The molecule has 1 fully saturated rings. The Morgan fingerprint density at radius 2 is 2.42 bits per heavy atom. The Bertz CT molecular complexity index is 157. The van der Waals surface area contributed by atoms with Crippen molar-refractivity contribution in [2.24, 2.45) is 11.8 Å². The molecule has 0 radical (unpaired) electrons. The van der Waals surface area contributed by atoms with Crippen LogP contribution in [0.15, 0.2) is 11.6 Å². The Balaban J connectivity index is 2.50. The van der Waals surface area contributed by atoms with Gasteiger partial charge in [-0.3, -0.25) is 0 Å². The maximum atomic E-state index is 5.87. The van der Waals surface area contributed by atoms with E-state index in [0.717, 1.165) is 5.92 Å². The fourth-order valence-corrected chi connectivity index (χ4v) is 2.98. The predicted octanol–water partition coefficient (Wildman–Crippen LogP) is 3.56. The first kappa shape index (κ1) is 10.5. The van der Waals surface area contributed by atoms with Gasteiger partial charge in [0, 0.05) is 5.88 Å². The summed E-state index contributed by atoms with van der Waals surface area (Å²) in [6.07, 6.45) is 3.75. The van der Waals surface area contributed by atoms with Crippen LogP contribution in [0, 0.1) is 11.8 Å². The van der Waals surface area contributed by atoms with E-state index in [4.69, 9.17) is 11.6 Å². The molecule has 12 heavy (non-hydrogen) atoms. The van der Waals surface area contributed by atoms with Gasteiger partial charge in [-0.1, -0.05) is 25.5 Å². The van der Waals surface area contributed by atoms with E-state index in [-0.39, 0.29) is 0 Å². The second kappa shape index (κ2) is 5.18. The second-order valence-corrected chi connectivity index (χ2v) is 5.07. The quantitative estimate of drug-likeness (QED) is 0.501. The van der Waals surface area contributed by atoms with Crippen LogP contribution in [-0.2, 0) is 0 Å². The van der Waals surface area contributed by atoms with Gasteiger partial charge in [0.05, 0.1) is 0 Å². The lowest BCUT2D eigenvalue weighted by atomic mass is 9.99. The number of alkyl halides is 1. The van der Waals surface area contributed by atoms with Crippen molar-refractivity contribution in [3.05, 3.63) is 11.6 Å². The van der Waals surface area contributed by atoms with Crippen LogP contribution in [0.5, 0.6) is 0 Å². The van der Waals surface area contributed by atoms with Crippen molar-refractivity contribution in [1.82, 2.24) is 0 Å². The molecule has 0 aliphatic carbocycles. The minimum absolute atomic E-state index is 0.619. The van der Waals surface area contributed by atoms with Crippen LogP contribution < -0.4 is 0 Å². The molecule has 1 aliphatic heterocycles. The molecule has 1 saturated heterocycles. The largest absolute Gasteiger partial charge is 0.161 e. The van der Waals surface area contributed by atoms with Gasteiger partial charge in [-0.05, 0) is 29.8 Å². The summed E-state index contributed by atoms with van der Waals surface area (Å²) in [5, 5.41) is 0. The van der Waals surface area contributed by atoms with Crippen LogP contribution in [-0.4, -0.2) is 17.4 Å². The maximum Gasteiger partial charge on any atom is 0.0436 e. The van der Waals surface area contributed by atoms with E-state index in [1.54, 1.807) is 0 Å². The highest BCUT2D eigenvalue weighted by atomic mass is 35.5. The molecule has 2 heteroatoms. The highest BCUT2D eigenvalue weighted by molar-refractivity contribution is 7.99. The van der Waals surface area contributed by atoms with Crippen molar-refractivity contribution < 1.29 is 0 Å². The molecule has 1 unspecified atom stereocenters. The first-order chi connectivity index (χ1) is 5.74. The van der Waals surface area contributed by atoms with Crippen LogP contribution >= 0.6 is 23.4 Å². The number of rotatable bonds is 3. The number of allylic oxidation sites excluding steroid dienone is 2. The number of thioether (sulfide) groups is 1. The average molecular weight is 205 g/mol. The van der Waals surface area contributed by atoms with Crippen LogP contribution in [0.4, 0.5) is 0 Å². The number of hydrogen-bond donors (Lipinski definition) is 0. The lowest BCUT2D eigenvalue weighted by Crippen LogP contribution is -2.01. The number of halogens is 1. The van der Waals surface area contributed by atoms with Gasteiger partial charge < -0.3 is 0 Å².